The number of amides is 1. The van der Waals surface area contributed by atoms with Crippen LogP contribution in [0.15, 0.2) is 18.2 Å². The summed E-state index contributed by atoms with van der Waals surface area (Å²) in [5.74, 6) is -0.0482. The number of nitrogens with one attached hydrogen (secondary N) is 2. The van der Waals surface area contributed by atoms with Crippen molar-refractivity contribution in [1.29, 1.82) is 0 Å². The fourth-order valence-corrected chi connectivity index (χ4v) is 2.65. The molecule has 118 valence electrons. The molecule has 0 unspecified atom stereocenters. The first-order chi connectivity index (χ1) is 10.2. The van der Waals surface area contributed by atoms with Gasteiger partial charge in [-0.3, -0.25) is 4.79 Å². The van der Waals surface area contributed by atoms with Crippen molar-refractivity contribution in [3.63, 3.8) is 0 Å². The van der Waals surface area contributed by atoms with Crippen LogP contribution in [0, 0.1) is 0 Å². The molecule has 0 spiro atoms. The normalized spacial score (nSPS) is 26.0. The largest absolute Gasteiger partial charge is 0.494 e. The highest BCUT2D eigenvalue weighted by molar-refractivity contribution is 6.62. The lowest BCUT2D eigenvalue weighted by Gasteiger charge is -2.32. The van der Waals surface area contributed by atoms with Crippen molar-refractivity contribution in [3.05, 3.63) is 23.8 Å². The van der Waals surface area contributed by atoms with Crippen LogP contribution in [0.3, 0.4) is 0 Å². The van der Waals surface area contributed by atoms with Crippen molar-refractivity contribution in [2.24, 2.45) is 0 Å². The highest BCUT2D eigenvalue weighted by Crippen LogP contribution is 2.36. The third kappa shape index (κ3) is 2.50. The quantitative estimate of drug-likeness (QED) is 0.772. The Morgan fingerprint density at radius 1 is 1.18 bits per heavy atom. The van der Waals surface area contributed by atoms with Crippen molar-refractivity contribution < 1.29 is 14.1 Å². The molecule has 0 aromatic heterocycles. The molecule has 0 radical (unpaired) electrons. The maximum atomic E-state index is 12.1. The molecule has 22 heavy (non-hydrogen) atoms. The van der Waals surface area contributed by atoms with Gasteiger partial charge in [-0.1, -0.05) is 6.07 Å². The van der Waals surface area contributed by atoms with Crippen molar-refractivity contribution in [2.45, 2.75) is 51.9 Å². The predicted octanol–water partition coefficient (Wildman–Crippen LogP) is 1.53. The van der Waals surface area contributed by atoms with Gasteiger partial charge in [0.1, 0.15) is 0 Å². The van der Waals surface area contributed by atoms with Crippen molar-refractivity contribution in [2.75, 3.05) is 11.9 Å². The highest BCUT2D eigenvalue weighted by Gasteiger charge is 2.51. The standard InChI is InChI=1S/C16H23BN2O3/c1-10-9-18-13-8-11(6-7-12(13)14(20)19-10)17-21-15(2,3)16(4,5)22-17/h6-8,10,18H,9H2,1-5H3,(H,19,20)/t10-/m0/s1. The number of anilines is 1. The highest BCUT2D eigenvalue weighted by atomic mass is 16.7. The second kappa shape index (κ2) is 5.00. The van der Waals surface area contributed by atoms with Gasteiger partial charge in [0.05, 0.1) is 16.8 Å². The second-order valence-electron chi connectivity index (χ2n) is 7.15. The van der Waals surface area contributed by atoms with E-state index in [0.29, 0.717) is 12.1 Å². The number of hydrogen-bond donors (Lipinski definition) is 2. The molecule has 0 saturated carbocycles. The minimum Gasteiger partial charge on any atom is -0.399 e. The fraction of sp³-hybridized carbons (Fsp3) is 0.562. The zero-order valence-electron chi connectivity index (χ0n) is 13.8. The summed E-state index contributed by atoms with van der Waals surface area (Å²) in [6.07, 6.45) is 0. The molecule has 2 aliphatic rings. The van der Waals surface area contributed by atoms with Gasteiger partial charge >= 0.3 is 7.12 Å². The minimum absolute atomic E-state index is 0.0482. The summed E-state index contributed by atoms with van der Waals surface area (Å²) >= 11 is 0. The van der Waals surface area contributed by atoms with Gasteiger partial charge in [-0.05, 0) is 52.2 Å². The summed E-state index contributed by atoms with van der Waals surface area (Å²) in [5.41, 5.74) is 1.67. The second-order valence-corrected chi connectivity index (χ2v) is 7.15. The van der Waals surface area contributed by atoms with E-state index >= 15 is 0 Å². The molecule has 3 rings (SSSR count). The van der Waals surface area contributed by atoms with Gasteiger partial charge in [0.2, 0.25) is 0 Å². The third-order valence-electron chi connectivity index (χ3n) is 4.79. The Balaban J connectivity index is 1.91. The molecule has 0 aliphatic carbocycles. The molecule has 1 atom stereocenters. The smallest absolute Gasteiger partial charge is 0.399 e. The molecular weight excluding hydrogens is 279 g/mol. The SMILES string of the molecule is C[C@H]1CNc2cc(B3OC(C)(C)C(C)(C)O3)ccc2C(=O)N1. The Bertz CT molecular complexity index is 599. The molecule has 2 N–H and O–H groups in total. The monoisotopic (exact) mass is 302 g/mol. The molecule has 0 bridgehead atoms. The molecular formula is C16H23BN2O3. The van der Waals surface area contributed by atoms with Crippen molar-refractivity contribution in [3.8, 4) is 0 Å². The topological polar surface area (TPSA) is 59.6 Å². The molecule has 5 nitrogen and oxygen atoms in total. The zero-order valence-corrected chi connectivity index (χ0v) is 13.8. The van der Waals surface area contributed by atoms with Gasteiger partial charge in [-0.25, -0.2) is 0 Å². The van der Waals surface area contributed by atoms with Gasteiger partial charge in [0, 0.05) is 18.3 Å². The first-order valence-corrected chi connectivity index (χ1v) is 7.74. The van der Waals surface area contributed by atoms with Gasteiger partial charge < -0.3 is 19.9 Å². The number of fused-ring (bicyclic) bond motifs is 1. The average Bonchev–Trinajstić information content (AvgIpc) is 2.54. The first kappa shape index (κ1) is 15.4. The van der Waals surface area contributed by atoms with E-state index in [9.17, 15) is 4.79 Å². The Hall–Kier alpha value is -1.53. The van der Waals surface area contributed by atoms with E-state index in [2.05, 4.69) is 10.6 Å². The van der Waals surface area contributed by atoms with Gasteiger partial charge in [-0.2, -0.15) is 0 Å². The molecule has 1 amide bonds. The Kier molecular flexibility index (Phi) is 3.49. The number of rotatable bonds is 1. The van der Waals surface area contributed by atoms with Crippen LogP contribution in [-0.4, -0.2) is 36.8 Å². The van der Waals surface area contributed by atoms with Crippen LogP contribution in [-0.2, 0) is 9.31 Å². The van der Waals surface area contributed by atoms with Crippen LogP contribution in [0.4, 0.5) is 5.69 Å². The summed E-state index contributed by atoms with van der Waals surface area (Å²) in [4.78, 5) is 12.1. The van der Waals surface area contributed by atoms with Crippen LogP contribution in [0.1, 0.15) is 45.0 Å². The van der Waals surface area contributed by atoms with Crippen molar-refractivity contribution >= 4 is 24.2 Å². The number of benzene rings is 1. The van der Waals surface area contributed by atoms with E-state index in [1.165, 1.54) is 0 Å². The summed E-state index contributed by atoms with van der Waals surface area (Å²) in [5, 5.41) is 6.27. The van der Waals surface area contributed by atoms with Crippen LogP contribution < -0.4 is 16.1 Å². The van der Waals surface area contributed by atoms with E-state index in [1.807, 2.05) is 52.8 Å². The lowest BCUT2D eigenvalue weighted by Crippen LogP contribution is -2.41. The van der Waals surface area contributed by atoms with Crippen LogP contribution in [0.25, 0.3) is 0 Å². The molecule has 6 heteroatoms. The fourth-order valence-electron chi connectivity index (χ4n) is 2.65. The van der Waals surface area contributed by atoms with E-state index < -0.39 is 7.12 Å². The zero-order chi connectivity index (χ0) is 16.1. The third-order valence-corrected chi connectivity index (χ3v) is 4.79. The molecule has 1 saturated heterocycles. The molecule has 2 heterocycles. The van der Waals surface area contributed by atoms with Crippen LogP contribution >= 0.6 is 0 Å². The molecule has 1 fully saturated rings. The van der Waals surface area contributed by atoms with Crippen LogP contribution in [0.2, 0.25) is 0 Å². The predicted molar refractivity (Wildman–Crippen MR) is 87.6 cm³/mol. The van der Waals surface area contributed by atoms with Gasteiger partial charge in [0.15, 0.2) is 0 Å². The Morgan fingerprint density at radius 2 is 1.82 bits per heavy atom. The van der Waals surface area contributed by atoms with Crippen LogP contribution in [0.5, 0.6) is 0 Å². The Morgan fingerprint density at radius 3 is 2.45 bits per heavy atom. The maximum Gasteiger partial charge on any atom is 0.494 e. The molecule has 1 aromatic carbocycles. The Labute approximate surface area is 131 Å². The summed E-state index contributed by atoms with van der Waals surface area (Å²) in [6, 6.07) is 5.78. The lowest BCUT2D eigenvalue weighted by molar-refractivity contribution is 0.00578. The molecule has 1 aromatic rings. The summed E-state index contributed by atoms with van der Waals surface area (Å²) < 4.78 is 12.1. The van der Waals surface area contributed by atoms with E-state index in [1.54, 1.807) is 0 Å². The first-order valence-electron chi connectivity index (χ1n) is 7.74. The van der Waals surface area contributed by atoms with Crippen molar-refractivity contribution in [1.82, 2.24) is 5.32 Å². The number of carbonyl (C=O) groups excluding carboxylic acids is 1. The van der Waals surface area contributed by atoms with E-state index in [-0.39, 0.29) is 23.2 Å². The van der Waals surface area contributed by atoms with E-state index in [0.717, 1.165) is 11.2 Å². The lowest BCUT2D eigenvalue weighted by atomic mass is 9.78. The molecule has 2 aliphatic heterocycles. The number of hydrogen-bond acceptors (Lipinski definition) is 4. The van der Waals surface area contributed by atoms with Gasteiger partial charge in [-0.15, -0.1) is 0 Å². The summed E-state index contributed by atoms with van der Waals surface area (Å²) in [7, 11) is -0.416. The summed E-state index contributed by atoms with van der Waals surface area (Å²) in [6.45, 7) is 10.8. The van der Waals surface area contributed by atoms with E-state index in [4.69, 9.17) is 9.31 Å². The number of carbonyl (C=O) groups is 1. The van der Waals surface area contributed by atoms with Gasteiger partial charge in [0.25, 0.3) is 5.91 Å². The minimum atomic E-state index is -0.416. The maximum absolute atomic E-state index is 12.1. The average molecular weight is 302 g/mol.